The third-order valence-corrected chi connectivity index (χ3v) is 5.38. The minimum absolute atomic E-state index is 0.528. The van der Waals surface area contributed by atoms with Crippen LogP contribution in [-0.4, -0.2) is 51.3 Å². The smallest absolute Gasteiger partial charge is 0.0502 e. The highest BCUT2D eigenvalue weighted by molar-refractivity contribution is 4.90. The van der Waals surface area contributed by atoms with Gasteiger partial charge in [0, 0.05) is 26.2 Å². The number of piperidine rings is 1. The van der Waals surface area contributed by atoms with Gasteiger partial charge >= 0.3 is 0 Å². The van der Waals surface area contributed by atoms with Crippen LogP contribution in [0.15, 0.2) is 0 Å². The van der Waals surface area contributed by atoms with Crippen molar-refractivity contribution in [3.63, 3.8) is 0 Å². The van der Waals surface area contributed by atoms with Crippen LogP contribution >= 0.6 is 0 Å². The van der Waals surface area contributed by atoms with Gasteiger partial charge < -0.3 is 15.0 Å². The summed E-state index contributed by atoms with van der Waals surface area (Å²) in [5.74, 6) is 1.56. The number of hydrogen-bond acceptors (Lipinski definition) is 3. The van der Waals surface area contributed by atoms with E-state index < -0.39 is 0 Å². The zero-order valence-corrected chi connectivity index (χ0v) is 14.0. The topological polar surface area (TPSA) is 24.5 Å². The van der Waals surface area contributed by atoms with Gasteiger partial charge in [-0.2, -0.15) is 0 Å². The van der Waals surface area contributed by atoms with Crippen molar-refractivity contribution < 1.29 is 4.74 Å². The van der Waals surface area contributed by atoms with Crippen LogP contribution in [0.2, 0.25) is 0 Å². The molecule has 1 aliphatic carbocycles. The first-order valence-electron chi connectivity index (χ1n) is 8.42. The summed E-state index contributed by atoms with van der Waals surface area (Å²) in [4.78, 5) is 2.70. The number of ether oxygens (including phenoxy) is 1. The summed E-state index contributed by atoms with van der Waals surface area (Å²) in [5.41, 5.74) is 0.528. The monoisotopic (exact) mass is 282 g/mol. The van der Waals surface area contributed by atoms with E-state index in [1.165, 1.54) is 51.7 Å². The van der Waals surface area contributed by atoms with Gasteiger partial charge in [-0.3, -0.25) is 0 Å². The lowest BCUT2D eigenvalue weighted by molar-refractivity contribution is 0.0572. The Kier molecular flexibility index (Phi) is 5.88. The van der Waals surface area contributed by atoms with E-state index in [4.69, 9.17) is 4.74 Å². The fraction of sp³-hybridized carbons (Fsp3) is 1.00. The van der Waals surface area contributed by atoms with E-state index in [0.29, 0.717) is 11.5 Å². The molecule has 20 heavy (non-hydrogen) atoms. The molecule has 3 unspecified atom stereocenters. The molecule has 1 saturated heterocycles. The Morgan fingerprint density at radius 1 is 1.30 bits per heavy atom. The van der Waals surface area contributed by atoms with Crippen LogP contribution in [0, 0.1) is 17.3 Å². The Hall–Kier alpha value is -0.120. The SMILES string of the molecule is CNC1CCC(C)(C)CC1CN1CCCC(COC)C1. The molecule has 1 saturated carbocycles. The number of methoxy groups -OCH3 is 1. The van der Waals surface area contributed by atoms with Crippen molar-refractivity contribution in [3.05, 3.63) is 0 Å². The van der Waals surface area contributed by atoms with E-state index >= 15 is 0 Å². The fourth-order valence-corrected chi connectivity index (χ4v) is 4.33. The van der Waals surface area contributed by atoms with Gasteiger partial charge in [0.1, 0.15) is 0 Å². The summed E-state index contributed by atoms with van der Waals surface area (Å²) in [6, 6.07) is 0.714. The van der Waals surface area contributed by atoms with Crippen molar-refractivity contribution in [2.24, 2.45) is 17.3 Å². The molecule has 3 heteroatoms. The van der Waals surface area contributed by atoms with Crippen molar-refractivity contribution in [1.82, 2.24) is 10.2 Å². The predicted octanol–water partition coefficient (Wildman–Crippen LogP) is 2.76. The fourth-order valence-electron chi connectivity index (χ4n) is 4.33. The second kappa shape index (κ2) is 7.24. The largest absolute Gasteiger partial charge is 0.384 e. The van der Waals surface area contributed by atoms with Crippen LogP contribution in [0.4, 0.5) is 0 Å². The maximum Gasteiger partial charge on any atom is 0.0502 e. The molecule has 2 aliphatic rings. The average Bonchev–Trinajstić information content (AvgIpc) is 2.39. The zero-order valence-electron chi connectivity index (χ0n) is 14.0. The van der Waals surface area contributed by atoms with Gasteiger partial charge in [-0.15, -0.1) is 0 Å². The number of rotatable bonds is 5. The molecule has 2 fully saturated rings. The Balaban J connectivity index is 1.89. The van der Waals surface area contributed by atoms with Gasteiger partial charge in [-0.25, -0.2) is 0 Å². The summed E-state index contributed by atoms with van der Waals surface area (Å²) < 4.78 is 5.36. The van der Waals surface area contributed by atoms with E-state index in [2.05, 4.69) is 31.1 Å². The molecule has 3 nitrogen and oxygen atoms in total. The highest BCUT2D eigenvalue weighted by Crippen LogP contribution is 2.39. The van der Waals surface area contributed by atoms with Crippen LogP contribution in [0.1, 0.15) is 46.0 Å². The lowest BCUT2D eigenvalue weighted by Gasteiger charge is -2.44. The zero-order chi connectivity index (χ0) is 14.6. The van der Waals surface area contributed by atoms with E-state index in [-0.39, 0.29) is 0 Å². The molecular weight excluding hydrogens is 248 g/mol. The lowest BCUT2D eigenvalue weighted by atomic mass is 9.69. The first-order chi connectivity index (χ1) is 9.54. The van der Waals surface area contributed by atoms with Gasteiger partial charge in [0.15, 0.2) is 0 Å². The van der Waals surface area contributed by atoms with Gasteiger partial charge in [-0.05, 0) is 62.9 Å². The molecule has 118 valence electrons. The van der Waals surface area contributed by atoms with E-state index in [1.807, 2.05) is 7.11 Å². The van der Waals surface area contributed by atoms with Crippen LogP contribution in [0.5, 0.6) is 0 Å². The van der Waals surface area contributed by atoms with Gasteiger partial charge in [0.25, 0.3) is 0 Å². The summed E-state index contributed by atoms with van der Waals surface area (Å²) in [6.45, 7) is 9.61. The maximum atomic E-state index is 5.36. The normalized spacial score (nSPS) is 35.1. The Labute approximate surface area is 125 Å². The molecule has 0 aromatic heterocycles. The van der Waals surface area contributed by atoms with Crippen LogP contribution < -0.4 is 5.32 Å². The number of nitrogens with one attached hydrogen (secondary N) is 1. The molecule has 0 amide bonds. The van der Waals surface area contributed by atoms with E-state index in [0.717, 1.165) is 18.4 Å². The Bertz CT molecular complexity index is 291. The third kappa shape index (κ3) is 4.44. The molecule has 2 rings (SSSR count). The first kappa shape index (κ1) is 16.3. The van der Waals surface area contributed by atoms with Gasteiger partial charge in [0.2, 0.25) is 0 Å². The molecule has 0 spiro atoms. The second-order valence-electron chi connectivity index (χ2n) is 7.79. The van der Waals surface area contributed by atoms with E-state index in [9.17, 15) is 0 Å². The number of likely N-dealkylation sites (tertiary alicyclic amines) is 1. The molecular formula is C17H34N2O. The molecule has 1 heterocycles. The molecule has 0 aromatic carbocycles. The molecule has 1 N–H and O–H groups in total. The summed E-state index contributed by atoms with van der Waals surface area (Å²) in [6.07, 6.45) is 6.75. The number of nitrogens with zero attached hydrogens (tertiary/aromatic N) is 1. The summed E-state index contributed by atoms with van der Waals surface area (Å²) in [7, 11) is 3.97. The standard InChI is InChI=1S/C17H34N2O/c1-17(2)8-7-16(18-3)15(10-17)12-19-9-5-6-14(11-19)13-20-4/h14-16,18H,5-13H2,1-4H3. The highest BCUT2D eigenvalue weighted by Gasteiger charge is 2.35. The number of hydrogen-bond donors (Lipinski definition) is 1. The highest BCUT2D eigenvalue weighted by atomic mass is 16.5. The quantitative estimate of drug-likeness (QED) is 0.839. The molecule has 3 atom stereocenters. The lowest BCUT2D eigenvalue weighted by Crippen LogP contribution is -2.48. The predicted molar refractivity (Wildman–Crippen MR) is 85.0 cm³/mol. The summed E-state index contributed by atoms with van der Waals surface area (Å²) in [5, 5.41) is 3.57. The molecule has 0 aromatic rings. The van der Waals surface area contributed by atoms with Crippen molar-refractivity contribution >= 4 is 0 Å². The van der Waals surface area contributed by atoms with Crippen molar-refractivity contribution in [2.75, 3.05) is 40.4 Å². The molecule has 0 bridgehead atoms. The van der Waals surface area contributed by atoms with Crippen molar-refractivity contribution in [3.8, 4) is 0 Å². The van der Waals surface area contributed by atoms with E-state index in [1.54, 1.807) is 0 Å². The first-order valence-corrected chi connectivity index (χ1v) is 8.42. The van der Waals surface area contributed by atoms with Gasteiger partial charge in [0.05, 0.1) is 6.61 Å². The minimum atomic E-state index is 0.528. The van der Waals surface area contributed by atoms with Crippen molar-refractivity contribution in [1.29, 1.82) is 0 Å². The van der Waals surface area contributed by atoms with Crippen LogP contribution in [0.25, 0.3) is 0 Å². The Morgan fingerprint density at radius 2 is 2.10 bits per heavy atom. The van der Waals surface area contributed by atoms with Gasteiger partial charge in [-0.1, -0.05) is 13.8 Å². The second-order valence-corrected chi connectivity index (χ2v) is 7.79. The average molecular weight is 282 g/mol. The Morgan fingerprint density at radius 3 is 2.80 bits per heavy atom. The third-order valence-electron chi connectivity index (χ3n) is 5.38. The minimum Gasteiger partial charge on any atom is -0.384 e. The maximum absolute atomic E-state index is 5.36. The summed E-state index contributed by atoms with van der Waals surface area (Å²) >= 11 is 0. The molecule has 0 radical (unpaired) electrons. The molecule has 1 aliphatic heterocycles. The van der Waals surface area contributed by atoms with Crippen LogP contribution in [-0.2, 0) is 4.74 Å². The van der Waals surface area contributed by atoms with Crippen LogP contribution in [0.3, 0.4) is 0 Å². The van der Waals surface area contributed by atoms with Crippen molar-refractivity contribution in [2.45, 2.75) is 52.0 Å².